The molecule has 20 heavy (non-hydrogen) atoms. The second kappa shape index (κ2) is 6.76. The van der Waals surface area contributed by atoms with Crippen molar-refractivity contribution in [1.82, 2.24) is 14.8 Å². The molecule has 1 fully saturated rings. The van der Waals surface area contributed by atoms with Crippen LogP contribution < -0.4 is 5.32 Å². The number of thioether (sulfide) groups is 1. The minimum absolute atomic E-state index is 0.00549. The van der Waals surface area contributed by atoms with Gasteiger partial charge in [-0.3, -0.25) is 0 Å². The van der Waals surface area contributed by atoms with Crippen molar-refractivity contribution in [2.75, 3.05) is 13.3 Å². The van der Waals surface area contributed by atoms with Gasteiger partial charge in [-0.1, -0.05) is 11.6 Å². The monoisotopic (exact) mass is 315 g/mol. The van der Waals surface area contributed by atoms with Gasteiger partial charge in [0.1, 0.15) is 0 Å². The first kappa shape index (κ1) is 15.6. The van der Waals surface area contributed by atoms with Crippen LogP contribution in [0.4, 0.5) is 4.79 Å². The van der Waals surface area contributed by atoms with Gasteiger partial charge in [0, 0.05) is 37.3 Å². The highest BCUT2D eigenvalue weighted by atomic mass is 35.5. The summed E-state index contributed by atoms with van der Waals surface area (Å²) in [6, 6.07) is 2.21. The molecular formula is C14H22ClN3OS. The van der Waals surface area contributed by atoms with Gasteiger partial charge in [-0.15, -0.1) is 0 Å². The molecule has 1 heterocycles. The Morgan fingerprint density at radius 2 is 2.35 bits per heavy atom. The van der Waals surface area contributed by atoms with Crippen LogP contribution in [-0.2, 0) is 13.6 Å². The van der Waals surface area contributed by atoms with Gasteiger partial charge in [-0.05, 0) is 31.6 Å². The number of nitrogens with one attached hydrogen (secondary N) is 1. The van der Waals surface area contributed by atoms with Crippen molar-refractivity contribution in [1.29, 1.82) is 0 Å². The van der Waals surface area contributed by atoms with Crippen molar-refractivity contribution in [2.24, 2.45) is 7.05 Å². The smallest absolute Gasteiger partial charge is 0.317 e. The fourth-order valence-corrected chi connectivity index (χ4v) is 3.68. The van der Waals surface area contributed by atoms with Crippen LogP contribution in [0.5, 0.6) is 0 Å². The fourth-order valence-electron chi connectivity index (χ4n) is 2.61. The average molecular weight is 316 g/mol. The Labute approximate surface area is 129 Å². The molecule has 0 spiro atoms. The summed E-state index contributed by atoms with van der Waals surface area (Å²) in [5.74, 6) is 0. The van der Waals surface area contributed by atoms with Gasteiger partial charge in [0.2, 0.25) is 0 Å². The lowest BCUT2D eigenvalue weighted by Crippen LogP contribution is -2.42. The molecule has 2 amide bonds. The SMILES string of the molecule is CS[C@@H]1CC[C@H](NC(=O)N(C)Cc2cc(Cl)cn2C)C1. The van der Waals surface area contributed by atoms with E-state index >= 15 is 0 Å². The molecule has 1 aromatic heterocycles. The van der Waals surface area contributed by atoms with Crippen molar-refractivity contribution in [2.45, 2.75) is 37.1 Å². The number of hydrogen-bond acceptors (Lipinski definition) is 2. The van der Waals surface area contributed by atoms with Gasteiger partial charge in [0.15, 0.2) is 0 Å². The Morgan fingerprint density at radius 1 is 1.60 bits per heavy atom. The van der Waals surface area contributed by atoms with Gasteiger partial charge < -0.3 is 14.8 Å². The van der Waals surface area contributed by atoms with Crippen LogP contribution in [-0.4, -0.2) is 40.1 Å². The van der Waals surface area contributed by atoms with E-state index in [0.717, 1.165) is 18.5 Å². The summed E-state index contributed by atoms with van der Waals surface area (Å²) < 4.78 is 1.95. The van der Waals surface area contributed by atoms with Crippen LogP contribution in [0.1, 0.15) is 25.0 Å². The van der Waals surface area contributed by atoms with E-state index in [4.69, 9.17) is 11.6 Å². The third-order valence-electron chi connectivity index (χ3n) is 3.87. The van der Waals surface area contributed by atoms with Crippen LogP contribution in [0.15, 0.2) is 12.3 Å². The number of halogens is 1. The van der Waals surface area contributed by atoms with E-state index in [2.05, 4.69) is 11.6 Å². The van der Waals surface area contributed by atoms with Gasteiger partial charge in [0.05, 0.1) is 11.6 Å². The standard InChI is InChI=1S/C14H22ClN3OS/c1-17-8-10(15)6-12(17)9-18(2)14(19)16-11-4-5-13(7-11)20-3/h6,8,11,13H,4-5,7,9H2,1-3H3,(H,16,19)/t11-,13+/m0/s1. The van der Waals surface area contributed by atoms with E-state index in [1.165, 1.54) is 6.42 Å². The Morgan fingerprint density at radius 3 is 2.90 bits per heavy atom. The van der Waals surface area contributed by atoms with Gasteiger partial charge in [-0.25, -0.2) is 4.79 Å². The lowest BCUT2D eigenvalue weighted by molar-refractivity contribution is 0.202. The molecule has 2 rings (SSSR count). The van der Waals surface area contributed by atoms with E-state index in [0.29, 0.717) is 22.9 Å². The molecule has 1 aliphatic carbocycles. The third-order valence-corrected chi connectivity index (χ3v) is 5.17. The summed E-state index contributed by atoms with van der Waals surface area (Å²) in [5, 5.41) is 4.52. The summed E-state index contributed by atoms with van der Waals surface area (Å²) >= 11 is 7.85. The van der Waals surface area contributed by atoms with Gasteiger partial charge in [0.25, 0.3) is 0 Å². The largest absolute Gasteiger partial charge is 0.351 e. The molecule has 2 atom stereocenters. The second-order valence-corrected chi connectivity index (χ2v) is 7.01. The number of hydrogen-bond donors (Lipinski definition) is 1. The number of nitrogens with zero attached hydrogens (tertiary/aromatic N) is 2. The molecule has 1 aromatic rings. The minimum Gasteiger partial charge on any atom is -0.351 e. The molecular weight excluding hydrogens is 294 g/mol. The minimum atomic E-state index is -0.00549. The Balaban J connectivity index is 1.85. The maximum atomic E-state index is 12.2. The summed E-state index contributed by atoms with van der Waals surface area (Å²) in [6.07, 6.45) is 7.35. The zero-order valence-electron chi connectivity index (χ0n) is 12.2. The number of carbonyl (C=O) groups excluding carboxylic acids is 1. The number of carbonyl (C=O) groups is 1. The lowest BCUT2D eigenvalue weighted by Gasteiger charge is -2.21. The van der Waals surface area contributed by atoms with Crippen molar-refractivity contribution < 1.29 is 4.79 Å². The zero-order valence-corrected chi connectivity index (χ0v) is 13.8. The number of aromatic nitrogens is 1. The highest BCUT2D eigenvalue weighted by Gasteiger charge is 2.26. The average Bonchev–Trinajstić information content (AvgIpc) is 2.96. The molecule has 1 N–H and O–H groups in total. The molecule has 0 aliphatic heterocycles. The summed E-state index contributed by atoms with van der Waals surface area (Å²) in [4.78, 5) is 13.9. The van der Waals surface area contributed by atoms with Crippen LogP contribution in [0.3, 0.4) is 0 Å². The molecule has 0 aromatic carbocycles. The highest BCUT2D eigenvalue weighted by molar-refractivity contribution is 7.99. The Hall–Kier alpha value is -0.810. The normalized spacial score (nSPS) is 22.0. The van der Waals surface area contributed by atoms with Crippen molar-refractivity contribution in [3.8, 4) is 0 Å². The van der Waals surface area contributed by atoms with E-state index in [-0.39, 0.29) is 6.03 Å². The molecule has 0 bridgehead atoms. The molecule has 0 saturated heterocycles. The first-order chi connectivity index (χ1) is 9.49. The van der Waals surface area contributed by atoms with Crippen LogP contribution in [0.2, 0.25) is 5.02 Å². The molecule has 0 unspecified atom stereocenters. The molecule has 4 nitrogen and oxygen atoms in total. The van der Waals surface area contributed by atoms with Crippen molar-refractivity contribution >= 4 is 29.4 Å². The topological polar surface area (TPSA) is 37.3 Å². The first-order valence-electron chi connectivity index (χ1n) is 6.84. The Kier molecular flexibility index (Phi) is 5.27. The van der Waals surface area contributed by atoms with E-state index in [1.54, 1.807) is 4.90 Å². The molecule has 1 saturated carbocycles. The predicted molar refractivity (Wildman–Crippen MR) is 85.4 cm³/mol. The lowest BCUT2D eigenvalue weighted by atomic mass is 10.2. The molecule has 112 valence electrons. The first-order valence-corrected chi connectivity index (χ1v) is 8.51. The predicted octanol–water partition coefficient (Wildman–Crippen LogP) is 3.10. The van der Waals surface area contributed by atoms with Gasteiger partial charge >= 0.3 is 6.03 Å². The van der Waals surface area contributed by atoms with Gasteiger partial charge in [-0.2, -0.15) is 11.8 Å². The van der Waals surface area contributed by atoms with Crippen molar-refractivity contribution in [3.05, 3.63) is 23.0 Å². The van der Waals surface area contributed by atoms with E-state index < -0.39 is 0 Å². The van der Waals surface area contributed by atoms with Crippen molar-refractivity contribution in [3.63, 3.8) is 0 Å². The maximum absolute atomic E-state index is 12.2. The quantitative estimate of drug-likeness (QED) is 0.927. The van der Waals surface area contributed by atoms with Crippen LogP contribution >= 0.6 is 23.4 Å². The zero-order chi connectivity index (χ0) is 14.7. The van der Waals surface area contributed by atoms with E-state index in [9.17, 15) is 4.79 Å². The van der Waals surface area contributed by atoms with Crippen LogP contribution in [0.25, 0.3) is 0 Å². The Bertz CT molecular complexity index is 477. The molecule has 6 heteroatoms. The fraction of sp³-hybridized carbons (Fsp3) is 0.643. The summed E-state index contributed by atoms with van der Waals surface area (Å²) in [6.45, 7) is 0.563. The maximum Gasteiger partial charge on any atom is 0.317 e. The molecule has 0 radical (unpaired) electrons. The number of rotatable bonds is 4. The van der Waals surface area contributed by atoms with E-state index in [1.807, 2.05) is 42.7 Å². The highest BCUT2D eigenvalue weighted by Crippen LogP contribution is 2.28. The molecule has 1 aliphatic rings. The van der Waals surface area contributed by atoms with Crippen LogP contribution in [0, 0.1) is 0 Å². The summed E-state index contributed by atoms with van der Waals surface area (Å²) in [7, 11) is 3.75. The second-order valence-electron chi connectivity index (χ2n) is 5.43. The number of amides is 2. The number of urea groups is 1. The third kappa shape index (κ3) is 3.85. The number of aryl methyl sites for hydroxylation is 1. The summed E-state index contributed by atoms with van der Waals surface area (Å²) in [5.41, 5.74) is 1.03.